The first-order valence-corrected chi connectivity index (χ1v) is 7.04. The molecule has 0 amide bonds. The maximum Gasteiger partial charge on any atom is 0.411 e. The monoisotopic (exact) mass is 304 g/mol. The van der Waals surface area contributed by atoms with Crippen LogP contribution in [0.3, 0.4) is 0 Å². The van der Waals surface area contributed by atoms with Crippen molar-refractivity contribution in [2.45, 2.75) is 38.0 Å². The van der Waals surface area contributed by atoms with Crippen LogP contribution in [0, 0.1) is 0 Å². The van der Waals surface area contributed by atoms with Crippen molar-refractivity contribution < 1.29 is 27.8 Å². The van der Waals surface area contributed by atoms with Gasteiger partial charge in [-0.15, -0.1) is 0 Å². The molecule has 0 fully saturated rings. The van der Waals surface area contributed by atoms with Crippen LogP contribution < -0.4 is 4.74 Å². The summed E-state index contributed by atoms with van der Waals surface area (Å²) in [6.07, 6.45) is -1.83. The van der Waals surface area contributed by atoms with Crippen molar-refractivity contribution >= 4 is 0 Å². The van der Waals surface area contributed by atoms with E-state index in [0.717, 1.165) is 30.4 Å². The third-order valence-corrected chi connectivity index (χ3v) is 3.39. The highest BCUT2D eigenvalue weighted by Crippen LogP contribution is 2.35. The molecule has 0 bridgehead atoms. The van der Waals surface area contributed by atoms with Crippen LogP contribution in [-0.4, -0.2) is 31.1 Å². The highest BCUT2D eigenvalue weighted by Gasteiger charge is 2.27. The normalized spacial score (nSPS) is 18.4. The Morgan fingerprint density at radius 2 is 2.05 bits per heavy atom. The molecule has 1 aliphatic rings. The van der Waals surface area contributed by atoms with Gasteiger partial charge in [0.25, 0.3) is 0 Å². The second-order valence-electron chi connectivity index (χ2n) is 5.10. The summed E-state index contributed by atoms with van der Waals surface area (Å²) < 4.78 is 45.8. The molecular weight excluding hydrogens is 285 g/mol. The standard InChI is InChI=1S/C15H19F3O3/c16-15(17,18)10-20-8-3-9-21-14-7-2-4-11-12(14)5-1-6-13(11)19/h2,4,7,13,19H,1,3,5-6,8-10H2. The van der Waals surface area contributed by atoms with E-state index in [1.165, 1.54) is 0 Å². The number of halogens is 3. The van der Waals surface area contributed by atoms with Crippen molar-refractivity contribution in [3.63, 3.8) is 0 Å². The van der Waals surface area contributed by atoms with Gasteiger partial charge in [0.1, 0.15) is 12.4 Å². The van der Waals surface area contributed by atoms with Gasteiger partial charge in [-0.1, -0.05) is 12.1 Å². The second kappa shape index (κ2) is 7.13. The van der Waals surface area contributed by atoms with Gasteiger partial charge in [-0.05, 0) is 36.5 Å². The van der Waals surface area contributed by atoms with Gasteiger partial charge in [0, 0.05) is 6.42 Å². The molecule has 0 saturated carbocycles. The number of hydrogen-bond donors (Lipinski definition) is 1. The first kappa shape index (κ1) is 16.1. The maximum atomic E-state index is 11.9. The van der Waals surface area contributed by atoms with E-state index in [2.05, 4.69) is 4.74 Å². The molecule has 1 N–H and O–H groups in total. The summed E-state index contributed by atoms with van der Waals surface area (Å²) in [4.78, 5) is 0. The van der Waals surface area contributed by atoms with Crippen molar-refractivity contribution in [3.8, 4) is 5.75 Å². The minimum absolute atomic E-state index is 0.0111. The molecule has 0 heterocycles. The van der Waals surface area contributed by atoms with E-state index in [4.69, 9.17) is 4.74 Å². The van der Waals surface area contributed by atoms with E-state index in [0.29, 0.717) is 18.8 Å². The van der Waals surface area contributed by atoms with Gasteiger partial charge in [0.15, 0.2) is 0 Å². The molecule has 3 nitrogen and oxygen atoms in total. The summed E-state index contributed by atoms with van der Waals surface area (Å²) in [5.41, 5.74) is 1.90. The Labute approximate surface area is 121 Å². The molecule has 1 atom stereocenters. The van der Waals surface area contributed by atoms with Gasteiger partial charge in [-0.2, -0.15) is 13.2 Å². The van der Waals surface area contributed by atoms with Crippen LogP contribution in [0.5, 0.6) is 5.75 Å². The summed E-state index contributed by atoms with van der Waals surface area (Å²) in [6.45, 7) is -0.915. The van der Waals surface area contributed by atoms with Crippen LogP contribution in [0.1, 0.15) is 36.5 Å². The lowest BCUT2D eigenvalue weighted by atomic mass is 9.89. The molecule has 21 heavy (non-hydrogen) atoms. The first-order valence-electron chi connectivity index (χ1n) is 7.04. The molecule has 2 rings (SSSR count). The zero-order chi connectivity index (χ0) is 15.3. The van der Waals surface area contributed by atoms with E-state index in [1.54, 1.807) is 0 Å². The molecule has 6 heteroatoms. The van der Waals surface area contributed by atoms with Gasteiger partial charge in [0.2, 0.25) is 0 Å². The van der Waals surface area contributed by atoms with Crippen LogP contribution in [0.4, 0.5) is 13.2 Å². The Morgan fingerprint density at radius 1 is 1.24 bits per heavy atom. The van der Waals surface area contributed by atoms with Crippen molar-refractivity contribution in [3.05, 3.63) is 29.3 Å². The molecule has 0 radical (unpaired) electrons. The number of aliphatic hydroxyl groups excluding tert-OH is 1. The quantitative estimate of drug-likeness (QED) is 0.819. The van der Waals surface area contributed by atoms with Crippen LogP contribution in [0.2, 0.25) is 0 Å². The fourth-order valence-electron chi connectivity index (χ4n) is 2.46. The van der Waals surface area contributed by atoms with Gasteiger partial charge in [0.05, 0.1) is 19.3 Å². The third kappa shape index (κ3) is 4.89. The number of fused-ring (bicyclic) bond motifs is 1. The summed E-state index contributed by atoms with van der Waals surface area (Å²) in [5, 5.41) is 9.92. The van der Waals surface area contributed by atoms with Gasteiger partial charge >= 0.3 is 6.18 Å². The SMILES string of the molecule is OC1CCCc2c(OCCCOCC(F)(F)F)cccc21. The number of benzene rings is 1. The Bertz CT molecular complexity index is 460. The molecule has 1 aromatic carbocycles. The molecule has 118 valence electrons. The zero-order valence-electron chi connectivity index (χ0n) is 11.7. The summed E-state index contributed by atoms with van der Waals surface area (Å²) in [5.74, 6) is 0.710. The van der Waals surface area contributed by atoms with E-state index in [-0.39, 0.29) is 6.61 Å². The van der Waals surface area contributed by atoms with Gasteiger partial charge < -0.3 is 14.6 Å². The molecule has 0 spiro atoms. The van der Waals surface area contributed by atoms with Crippen LogP contribution >= 0.6 is 0 Å². The Kier molecular flexibility index (Phi) is 5.47. The topological polar surface area (TPSA) is 38.7 Å². The summed E-state index contributed by atoms with van der Waals surface area (Å²) >= 11 is 0. The minimum atomic E-state index is -4.28. The number of hydrogen-bond acceptors (Lipinski definition) is 3. The molecular formula is C15H19F3O3. The van der Waals surface area contributed by atoms with E-state index < -0.39 is 18.9 Å². The van der Waals surface area contributed by atoms with Crippen LogP contribution in [-0.2, 0) is 11.2 Å². The molecule has 0 saturated heterocycles. The predicted molar refractivity (Wildman–Crippen MR) is 71.3 cm³/mol. The van der Waals surface area contributed by atoms with Crippen molar-refractivity contribution in [2.75, 3.05) is 19.8 Å². The number of rotatable bonds is 6. The van der Waals surface area contributed by atoms with Crippen molar-refractivity contribution in [2.24, 2.45) is 0 Å². The fourth-order valence-corrected chi connectivity index (χ4v) is 2.46. The van der Waals surface area contributed by atoms with E-state index >= 15 is 0 Å². The highest BCUT2D eigenvalue weighted by molar-refractivity contribution is 5.42. The molecule has 1 unspecified atom stereocenters. The second-order valence-corrected chi connectivity index (χ2v) is 5.10. The predicted octanol–water partition coefficient (Wildman–Crippen LogP) is 3.40. The number of ether oxygens (including phenoxy) is 2. The van der Waals surface area contributed by atoms with Crippen LogP contribution in [0.25, 0.3) is 0 Å². The highest BCUT2D eigenvalue weighted by atomic mass is 19.4. The third-order valence-electron chi connectivity index (χ3n) is 3.39. The largest absolute Gasteiger partial charge is 0.493 e. The van der Waals surface area contributed by atoms with Gasteiger partial charge in [-0.3, -0.25) is 0 Å². The molecule has 1 aromatic rings. The lowest BCUT2D eigenvalue weighted by Gasteiger charge is -2.23. The Balaban J connectivity index is 1.78. The Hall–Kier alpha value is -1.27. The molecule has 1 aliphatic carbocycles. The number of alkyl halides is 3. The average molecular weight is 304 g/mol. The lowest BCUT2D eigenvalue weighted by molar-refractivity contribution is -0.174. The summed E-state index contributed by atoms with van der Waals surface area (Å²) in [7, 11) is 0. The van der Waals surface area contributed by atoms with Gasteiger partial charge in [-0.25, -0.2) is 0 Å². The maximum absolute atomic E-state index is 11.9. The minimum Gasteiger partial charge on any atom is -0.493 e. The first-order chi connectivity index (χ1) is 9.97. The molecule has 0 aliphatic heterocycles. The van der Waals surface area contributed by atoms with Crippen molar-refractivity contribution in [1.82, 2.24) is 0 Å². The molecule has 0 aromatic heterocycles. The number of aliphatic hydroxyl groups is 1. The van der Waals surface area contributed by atoms with Crippen molar-refractivity contribution in [1.29, 1.82) is 0 Å². The average Bonchev–Trinajstić information content (AvgIpc) is 2.42. The van der Waals surface area contributed by atoms with E-state index in [1.807, 2.05) is 18.2 Å². The Morgan fingerprint density at radius 3 is 2.81 bits per heavy atom. The fraction of sp³-hybridized carbons (Fsp3) is 0.600. The lowest BCUT2D eigenvalue weighted by Crippen LogP contribution is -2.18. The van der Waals surface area contributed by atoms with Crippen LogP contribution in [0.15, 0.2) is 18.2 Å². The smallest absolute Gasteiger partial charge is 0.411 e. The zero-order valence-corrected chi connectivity index (χ0v) is 11.7. The van der Waals surface area contributed by atoms with E-state index in [9.17, 15) is 18.3 Å². The summed E-state index contributed by atoms with van der Waals surface area (Å²) in [6, 6.07) is 5.54.